The van der Waals surface area contributed by atoms with Crippen molar-refractivity contribution < 1.29 is 14.3 Å². The van der Waals surface area contributed by atoms with Gasteiger partial charge in [-0.05, 0) is 55.4 Å². The fraction of sp³-hybridized carbons (Fsp3) is 0.263. The van der Waals surface area contributed by atoms with Crippen LogP contribution in [-0.4, -0.2) is 30.3 Å². The Morgan fingerprint density at radius 3 is 2.88 bits per heavy atom. The molecule has 0 aliphatic carbocycles. The summed E-state index contributed by atoms with van der Waals surface area (Å²) in [5, 5.41) is 6.30. The number of thiocarbonyl (C=S) groups is 1. The van der Waals surface area contributed by atoms with Gasteiger partial charge in [0.15, 0.2) is 5.11 Å². The van der Waals surface area contributed by atoms with E-state index in [1.54, 1.807) is 24.3 Å². The van der Waals surface area contributed by atoms with Crippen molar-refractivity contribution in [1.29, 1.82) is 0 Å². The number of hydrogen-bond acceptors (Lipinski definition) is 4. The molecule has 1 saturated heterocycles. The van der Waals surface area contributed by atoms with Crippen LogP contribution >= 0.6 is 23.8 Å². The number of hydrogen-bond donors (Lipinski definition) is 2. The lowest BCUT2D eigenvalue weighted by Gasteiger charge is -2.13. The molecular weight excluding hydrogens is 372 g/mol. The average molecular weight is 391 g/mol. The van der Waals surface area contributed by atoms with Crippen molar-refractivity contribution in [3.63, 3.8) is 0 Å². The Labute approximate surface area is 162 Å². The molecule has 26 heavy (non-hydrogen) atoms. The Balaban J connectivity index is 1.53. The molecule has 1 amide bonds. The number of ether oxygens (including phenoxy) is 2. The summed E-state index contributed by atoms with van der Waals surface area (Å²) in [6.45, 7) is 1.33. The molecule has 0 saturated carbocycles. The molecule has 1 aliphatic heterocycles. The van der Waals surface area contributed by atoms with Crippen LogP contribution in [0.4, 0.5) is 5.69 Å². The first-order chi connectivity index (χ1) is 12.6. The SMILES string of the molecule is O=C(NC(=S)Nc1cccc(OCC2CCCO2)c1)c1cccc(Cl)c1. The van der Waals surface area contributed by atoms with Crippen molar-refractivity contribution in [2.45, 2.75) is 18.9 Å². The zero-order chi connectivity index (χ0) is 18.4. The summed E-state index contributed by atoms with van der Waals surface area (Å²) in [4.78, 5) is 12.2. The number of carbonyl (C=O) groups is 1. The predicted molar refractivity (Wildman–Crippen MR) is 106 cm³/mol. The second-order valence-corrected chi connectivity index (χ2v) is 6.74. The second kappa shape index (κ2) is 8.98. The Kier molecular flexibility index (Phi) is 6.44. The third kappa shape index (κ3) is 5.42. The van der Waals surface area contributed by atoms with E-state index in [9.17, 15) is 4.79 Å². The van der Waals surface area contributed by atoms with Gasteiger partial charge in [-0.25, -0.2) is 0 Å². The zero-order valence-electron chi connectivity index (χ0n) is 14.0. The number of anilines is 1. The van der Waals surface area contributed by atoms with Gasteiger partial charge in [-0.3, -0.25) is 10.1 Å². The van der Waals surface area contributed by atoms with Crippen molar-refractivity contribution in [1.82, 2.24) is 5.32 Å². The number of rotatable bonds is 5. The van der Waals surface area contributed by atoms with Crippen LogP contribution in [0.5, 0.6) is 5.75 Å². The van der Waals surface area contributed by atoms with Crippen LogP contribution in [0.1, 0.15) is 23.2 Å². The molecule has 1 atom stereocenters. The van der Waals surface area contributed by atoms with Gasteiger partial charge in [0.1, 0.15) is 12.4 Å². The minimum absolute atomic E-state index is 0.157. The van der Waals surface area contributed by atoms with Crippen molar-refractivity contribution in [2.24, 2.45) is 0 Å². The number of amides is 1. The Bertz CT molecular complexity index is 794. The molecule has 7 heteroatoms. The fourth-order valence-corrected chi connectivity index (χ4v) is 3.00. The summed E-state index contributed by atoms with van der Waals surface area (Å²) < 4.78 is 11.3. The standard InChI is InChI=1S/C19H19ClN2O3S/c20-14-5-1-4-13(10-14)18(23)22-19(26)21-15-6-2-7-16(11-15)25-12-17-8-3-9-24-17/h1-2,4-7,10-11,17H,3,8-9,12H2,(H2,21,22,23,26). The monoisotopic (exact) mass is 390 g/mol. The Morgan fingerprint density at radius 1 is 1.27 bits per heavy atom. The maximum atomic E-state index is 12.2. The maximum absolute atomic E-state index is 12.2. The first kappa shape index (κ1) is 18.6. The lowest BCUT2D eigenvalue weighted by atomic mass is 10.2. The van der Waals surface area contributed by atoms with Gasteiger partial charge in [0, 0.05) is 28.9 Å². The molecule has 1 heterocycles. The Hall–Kier alpha value is -2.15. The van der Waals surface area contributed by atoms with Crippen molar-refractivity contribution in [3.8, 4) is 5.75 Å². The summed E-state index contributed by atoms with van der Waals surface area (Å²) in [6, 6.07) is 14.1. The van der Waals surface area contributed by atoms with Crippen molar-refractivity contribution >= 4 is 40.5 Å². The number of nitrogens with one attached hydrogen (secondary N) is 2. The first-order valence-electron chi connectivity index (χ1n) is 8.32. The number of halogens is 1. The first-order valence-corrected chi connectivity index (χ1v) is 9.11. The van der Waals surface area contributed by atoms with E-state index in [4.69, 9.17) is 33.3 Å². The molecule has 0 spiro atoms. The highest BCUT2D eigenvalue weighted by molar-refractivity contribution is 7.80. The van der Waals surface area contributed by atoms with E-state index in [0.717, 1.165) is 30.9 Å². The van der Waals surface area contributed by atoms with Crippen molar-refractivity contribution in [2.75, 3.05) is 18.5 Å². The topological polar surface area (TPSA) is 59.6 Å². The lowest BCUT2D eigenvalue weighted by Crippen LogP contribution is -2.34. The molecule has 1 aliphatic rings. The summed E-state index contributed by atoms with van der Waals surface area (Å²) in [5.74, 6) is 0.394. The van der Waals surface area contributed by atoms with E-state index < -0.39 is 0 Å². The van der Waals surface area contributed by atoms with Gasteiger partial charge >= 0.3 is 0 Å². The molecule has 0 aromatic heterocycles. The Morgan fingerprint density at radius 2 is 2.12 bits per heavy atom. The van der Waals surface area contributed by atoms with E-state index in [2.05, 4.69) is 10.6 Å². The van der Waals surface area contributed by atoms with E-state index >= 15 is 0 Å². The summed E-state index contributed by atoms with van der Waals surface area (Å²) in [5.41, 5.74) is 1.17. The van der Waals surface area contributed by atoms with Crippen LogP contribution in [0.15, 0.2) is 48.5 Å². The predicted octanol–water partition coefficient (Wildman–Crippen LogP) is 4.02. The maximum Gasteiger partial charge on any atom is 0.257 e. The minimum Gasteiger partial charge on any atom is -0.491 e. The molecule has 2 aromatic carbocycles. The average Bonchev–Trinajstić information content (AvgIpc) is 3.14. The van der Waals surface area contributed by atoms with E-state index in [0.29, 0.717) is 17.2 Å². The lowest BCUT2D eigenvalue weighted by molar-refractivity contribution is 0.0680. The smallest absolute Gasteiger partial charge is 0.257 e. The van der Waals surface area contributed by atoms with Crippen LogP contribution in [0, 0.1) is 0 Å². The molecule has 2 N–H and O–H groups in total. The van der Waals surface area contributed by atoms with Gasteiger partial charge in [0.25, 0.3) is 5.91 Å². The van der Waals surface area contributed by atoms with Gasteiger partial charge in [-0.15, -0.1) is 0 Å². The largest absolute Gasteiger partial charge is 0.491 e. The van der Waals surface area contributed by atoms with Crippen LogP contribution in [0.2, 0.25) is 5.02 Å². The molecule has 3 rings (SSSR count). The fourth-order valence-electron chi connectivity index (χ4n) is 2.60. The van der Waals surface area contributed by atoms with E-state index in [1.807, 2.05) is 24.3 Å². The molecule has 136 valence electrons. The number of carbonyl (C=O) groups excluding carboxylic acids is 1. The summed E-state index contributed by atoms with van der Waals surface area (Å²) in [7, 11) is 0. The third-order valence-corrected chi connectivity index (χ3v) is 4.30. The van der Waals surface area contributed by atoms with Gasteiger partial charge < -0.3 is 14.8 Å². The summed E-state index contributed by atoms with van der Waals surface area (Å²) >= 11 is 11.1. The zero-order valence-corrected chi connectivity index (χ0v) is 15.6. The highest BCUT2D eigenvalue weighted by Gasteiger charge is 2.16. The summed E-state index contributed by atoms with van der Waals surface area (Å²) in [6.07, 6.45) is 2.26. The van der Waals surface area contributed by atoms with Crippen LogP contribution in [-0.2, 0) is 4.74 Å². The van der Waals surface area contributed by atoms with Crippen LogP contribution < -0.4 is 15.4 Å². The van der Waals surface area contributed by atoms with Gasteiger partial charge in [0.2, 0.25) is 0 Å². The van der Waals surface area contributed by atoms with Gasteiger partial charge in [-0.1, -0.05) is 23.7 Å². The van der Waals surface area contributed by atoms with Crippen LogP contribution in [0.3, 0.4) is 0 Å². The number of benzene rings is 2. The minimum atomic E-state index is -0.323. The van der Waals surface area contributed by atoms with Crippen molar-refractivity contribution in [3.05, 3.63) is 59.1 Å². The van der Waals surface area contributed by atoms with Gasteiger partial charge in [-0.2, -0.15) is 0 Å². The molecule has 1 unspecified atom stereocenters. The highest BCUT2D eigenvalue weighted by Crippen LogP contribution is 2.19. The normalized spacial score (nSPS) is 16.1. The highest BCUT2D eigenvalue weighted by atomic mass is 35.5. The molecule has 0 bridgehead atoms. The van der Waals surface area contributed by atoms with E-state index in [-0.39, 0.29) is 17.1 Å². The molecular formula is C19H19ClN2O3S. The molecule has 2 aromatic rings. The second-order valence-electron chi connectivity index (χ2n) is 5.89. The van der Waals surface area contributed by atoms with Crippen LogP contribution in [0.25, 0.3) is 0 Å². The quantitative estimate of drug-likeness (QED) is 0.755. The molecule has 0 radical (unpaired) electrons. The molecule has 1 fully saturated rings. The molecule has 5 nitrogen and oxygen atoms in total. The third-order valence-electron chi connectivity index (χ3n) is 3.87. The van der Waals surface area contributed by atoms with E-state index in [1.165, 1.54) is 0 Å². The van der Waals surface area contributed by atoms with Gasteiger partial charge in [0.05, 0.1) is 6.10 Å².